The molecule has 4 aromatic rings. The summed E-state index contributed by atoms with van der Waals surface area (Å²) in [6.07, 6.45) is 14.5. The van der Waals surface area contributed by atoms with E-state index in [1.54, 1.807) is 44.2 Å². The minimum absolute atomic E-state index is 0. The van der Waals surface area contributed by atoms with Gasteiger partial charge < -0.3 is 87.2 Å². The highest BCUT2D eigenvalue weighted by molar-refractivity contribution is 6.27. The van der Waals surface area contributed by atoms with Gasteiger partial charge in [-0.1, -0.05) is 48.0 Å². The van der Waals surface area contributed by atoms with Crippen LogP contribution in [0, 0.1) is 0 Å². The SMILES string of the molecule is C.C.C.CC(C)(C)OC(=O)NC1CCNCC1.CNC(=O)CCl.CNC(=O)CN1CCC(N)CC1.CNC(=O)CN1CCC(NC(=O)c2ccc(Nc3ncc4c(n3)N(C3CCCC3)CC(F)(F)C(=O)N4C)c(OC)c2)CC1.COc1cc(C(=O)O)ccc1Nc1ncc2c(n1)N(C1CCCC1)CC(F)(F)C(=O)N2C. The number of amides is 7. The number of nitrogens with one attached hydrogen (secondary N) is 8. The highest BCUT2D eigenvalue weighted by atomic mass is 35.5. The molecule has 5 aliphatic heterocycles. The molecule has 7 heterocycles. The van der Waals surface area contributed by atoms with Crippen molar-refractivity contribution in [3.63, 3.8) is 0 Å². The summed E-state index contributed by atoms with van der Waals surface area (Å²) < 4.78 is 75.1. The number of rotatable bonds is 17. The van der Waals surface area contributed by atoms with Crippen LogP contribution in [0.4, 0.5) is 68.6 Å². The van der Waals surface area contributed by atoms with Crippen LogP contribution in [0.25, 0.3) is 0 Å². The van der Waals surface area contributed by atoms with Gasteiger partial charge in [-0.05, 0) is 134 Å². The van der Waals surface area contributed by atoms with Crippen LogP contribution < -0.4 is 77.3 Å². The Hall–Kier alpha value is -9.19. The number of hydrogen-bond acceptors (Lipinski definition) is 23. The number of carboxylic acid groups (broad SMARTS) is 1. The number of aromatic nitrogens is 4. The van der Waals surface area contributed by atoms with Crippen LogP contribution in [-0.4, -0.2) is 251 Å². The summed E-state index contributed by atoms with van der Waals surface area (Å²) in [5, 5.41) is 32.0. The Morgan fingerprint density at radius 2 is 1.01 bits per heavy atom. The molecular weight excluding hydrogens is 1460 g/mol. The second-order valence-corrected chi connectivity index (χ2v) is 28.2. The Bertz CT molecular complexity index is 3680. The van der Waals surface area contributed by atoms with E-state index in [-0.39, 0.29) is 128 Å². The number of alkyl carbamates (subject to hydrolysis) is 1. The number of likely N-dealkylation sites (tertiary alicyclic amines) is 2. The first-order chi connectivity index (χ1) is 50.8. The quantitative estimate of drug-likeness (QED) is 0.0352. The Labute approximate surface area is 648 Å². The number of nitrogens with zero attached hydrogens (tertiary/aromatic N) is 10. The molecular formula is C74H116ClF4N19O12. The molecule has 2 aromatic carbocycles. The van der Waals surface area contributed by atoms with Gasteiger partial charge in [0, 0.05) is 97.2 Å². The molecule has 31 nitrogen and oxygen atoms in total. The number of aromatic carboxylic acids is 1. The van der Waals surface area contributed by atoms with E-state index >= 15 is 0 Å². The van der Waals surface area contributed by atoms with Gasteiger partial charge in [-0.2, -0.15) is 27.5 Å². The lowest BCUT2D eigenvalue weighted by Crippen LogP contribution is -2.48. The Balaban J connectivity index is 0.000000331. The van der Waals surface area contributed by atoms with Crippen molar-refractivity contribution in [1.29, 1.82) is 0 Å². The van der Waals surface area contributed by atoms with Gasteiger partial charge in [-0.25, -0.2) is 19.6 Å². The predicted molar refractivity (Wildman–Crippen MR) is 418 cm³/mol. The summed E-state index contributed by atoms with van der Waals surface area (Å²) in [6, 6.07) is 9.50. The van der Waals surface area contributed by atoms with Crippen molar-refractivity contribution in [2.75, 3.05) is 151 Å². The highest BCUT2D eigenvalue weighted by Crippen LogP contribution is 2.42. The van der Waals surface area contributed by atoms with E-state index in [1.165, 1.54) is 63.8 Å². The third-order valence-corrected chi connectivity index (χ3v) is 19.2. The molecule has 0 atom stereocenters. The van der Waals surface area contributed by atoms with Crippen LogP contribution in [0.15, 0.2) is 48.8 Å². The van der Waals surface area contributed by atoms with E-state index in [0.717, 1.165) is 126 Å². The molecule has 0 radical (unpaired) electrons. The number of ether oxygens (including phenoxy) is 3. The Morgan fingerprint density at radius 1 is 0.609 bits per heavy atom. The van der Waals surface area contributed by atoms with Crippen LogP contribution in [0.2, 0.25) is 0 Å². The van der Waals surface area contributed by atoms with Crippen molar-refractivity contribution in [1.82, 2.24) is 61.6 Å². The molecule has 110 heavy (non-hydrogen) atoms. The lowest BCUT2D eigenvalue weighted by atomic mass is 10.0. The fourth-order valence-electron chi connectivity index (χ4n) is 13.0. The monoisotopic (exact) mass is 1570 g/mol. The summed E-state index contributed by atoms with van der Waals surface area (Å²) in [7, 11) is 10.3. The number of benzene rings is 2. The van der Waals surface area contributed by atoms with Gasteiger partial charge in [-0.15, -0.1) is 11.6 Å². The number of piperidine rings is 3. The first-order valence-corrected chi connectivity index (χ1v) is 36.5. The van der Waals surface area contributed by atoms with E-state index in [9.17, 15) is 55.9 Å². The largest absolute Gasteiger partial charge is 0.495 e. The number of fused-ring (bicyclic) bond motifs is 2. The maximum atomic E-state index is 14.9. The van der Waals surface area contributed by atoms with Crippen molar-refractivity contribution < 1.29 is 75.2 Å². The molecule has 614 valence electrons. The van der Waals surface area contributed by atoms with Crippen molar-refractivity contribution in [2.24, 2.45) is 5.73 Å². The molecule has 7 aliphatic rings. The average Bonchev–Trinajstić information content (AvgIpc) is 1.68. The standard InChI is InChI=1S/C29H38F2N8O4.C21H23F2N5O4.C10H20N2O2.C8H17N3O.C3H6ClNO.3CH4/c1-32-24(40)16-38-12-10-19(11-13-38)34-26(41)18-8-9-21(23(14-18)43-3)35-28-33-15-22-25(36-28)39(20-6-4-5-7-20)17-29(30,31)27(42)37(22)2;1-27-15-10-24-20(25-14-8-7-12(18(29)30)9-16(14)32-2)26-17(15)28(13-5-3-4-6-13)11-21(22,23)19(27)31;1-10(2,3)14-9(13)12-8-4-6-11-7-5-8;1-10-8(12)6-11-4-2-7(9)3-5-11;1-5-3(6)2-4;;;/h8-9,14-15,19-20H,4-7,10-13,16-17H2,1-3H3,(H,32,40)(H,34,41)(H,33,35,36);7-10,13H,3-6,11H2,1-2H3,(H,29,30)(H,24,25,26);8,11H,4-7H2,1-3H3,(H,12,13);7H,2-6,9H2,1H3,(H,10,12);2H2,1H3,(H,5,6);3*1H4. The van der Waals surface area contributed by atoms with Gasteiger partial charge >= 0.3 is 23.9 Å². The summed E-state index contributed by atoms with van der Waals surface area (Å²) in [4.78, 5) is 120. The number of hydrogen-bond donors (Lipinski definition) is 10. The fraction of sp³-hybridized carbons (Fsp3) is 0.622. The number of likely N-dealkylation sites (N-methyl/N-ethyl adjacent to an activating group) is 2. The van der Waals surface area contributed by atoms with Crippen molar-refractivity contribution in [2.45, 2.75) is 181 Å². The second kappa shape index (κ2) is 43.4. The lowest BCUT2D eigenvalue weighted by molar-refractivity contribution is -0.141. The zero-order valence-electron chi connectivity index (χ0n) is 62.6. The van der Waals surface area contributed by atoms with Crippen LogP contribution in [0.1, 0.15) is 154 Å². The first-order valence-electron chi connectivity index (χ1n) is 35.9. The molecule has 0 bridgehead atoms. The molecule has 0 spiro atoms. The molecule has 0 unspecified atom stereocenters. The maximum absolute atomic E-state index is 14.9. The maximum Gasteiger partial charge on any atom is 0.407 e. The van der Waals surface area contributed by atoms with Crippen molar-refractivity contribution >= 4 is 105 Å². The van der Waals surface area contributed by atoms with Gasteiger partial charge in [-0.3, -0.25) is 38.6 Å². The molecule has 3 saturated heterocycles. The summed E-state index contributed by atoms with van der Waals surface area (Å²) in [5.74, 6) is -9.66. The van der Waals surface area contributed by atoms with Crippen LogP contribution >= 0.6 is 11.6 Å². The van der Waals surface area contributed by atoms with Gasteiger partial charge in [0.1, 0.15) is 34.4 Å². The molecule has 11 rings (SSSR count). The predicted octanol–water partition coefficient (Wildman–Crippen LogP) is 8.12. The summed E-state index contributed by atoms with van der Waals surface area (Å²) in [5.41, 5.74) is 7.10. The highest BCUT2D eigenvalue weighted by Gasteiger charge is 2.50. The normalized spacial score (nSPS) is 18.1. The molecule has 36 heteroatoms. The molecule has 11 N–H and O–H groups in total. The van der Waals surface area contributed by atoms with Gasteiger partial charge in [0.25, 0.3) is 17.7 Å². The zero-order valence-corrected chi connectivity index (χ0v) is 63.3. The van der Waals surface area contributed by atoms with Crippen LogP contribution in [0.3, 0.4) is 0 Å². The van der Waals surface area contributed by atoms with Gasteiger partial charge in [0.15, 0.2) is 11.6 Å². The van der Waals surface area contributed by atoms with Gasteiger partial charge in [0.2, 0.25) is 29.6 Å². The smallest absolute Gasteiger partial charge is 0.407 e. The van der Waals surface area contributed by atoms with E-state index in [0.29, 0.717) is 54.9 Å². The lowest BCUT2D eigenvalue weighted by Gasteiger charge is -2.31. The van der Waals surface area contributed by atoms with E-state index in [4.69, 9.17) is 36.7 Å². The minimum Gasteiger partial charge on any atom is -0.495 e. The number of carbonyl (C=O) groups is 8. The second-order valence-electron chi connectivity index (χ2n) is 27.9. The van der Waals surface area contributed by atoms with Crippen LogP contribution in [0.5, 0.6) is 11.5 Å². The molecule has 2 saturated carbocycles. The summed E-state index contributed by atoms with van der Waals surface area (Å²) >= 11 is 5.04. The number of anilines is 8. The topological polar surface area (TPSA) is 378 Å². The fourth-order valence-corrected chi connectivity index (χ4v) is 13.1. The third-order valence-electron chi connectivity index (χ3n) is 19.0. The molecule has 2 aromatic heterocycles. The zero-order chi connectivity index (χ0) is 78.3. The molecule has 5 fully saturated rings. The Kier molecular flexibility index (Phi) is 36.8. The van der Waals surface area contributed by atoms with Crippen LogP contribution in [-0.2, 0) is 28.7 Å². The third kappa shape index (κ3) is 26.8. The first kappa shape index (κ1) is 93.2. The van der Waals surface area contributed by atoms with Gasteiger partial charge in [0.05, 0.1) is 69.7 Å². The molecule has 2 aliphatic carbocycles. The van der Waals surface area contributed by atoms with E-state index in [2.05, 4.69) is 72.3 Å². The number of halogens is 5. The number of nitrogens with two attached hydrogens (primary N) is 1. The number of carbonyl (C=O) groups excluding carboxylic acids is 7. The van der Waals surface area contributed by atoms with E-state index < -0.39 is 48.3 Å². The Morgan fingerprint density at radius 3 is 1.39 bits per heavy atom. The number of alkyl halides is 5. The number of carboxylic acids is 1. The van der Waals surface area contributed by atoms with Crippen molar-refractivity contribution in [3.8, 4) is 11.5 Å². The van der Waals surface area contributed by atoms with Crippen molar-refractivity contribution in [3.05, 3.63) is 59.9 Å². The number of methoxy groups -OCH3 is 2. The molecule has 7 amide bonds. The minimum atomic E-state index is -3.56. The average molecular weight is 1580 g/mol. The summed E-state index contributed by atoms with van der Waals surface area (Å²) in [6.45, 7) is 10.3. The van der Waals surface area contributed by atoms with E-state index in [1.807, 2.05) is 20.8 Å².